The standard InChI is InChI=1S/C11H15N3O6/c1-6-3-7(14-20-6)5-12-11(18)13-8(10(16)17)4-9(15)19-2/h3,8H,4-5H2,1-2H3,(H,16,17)(H2,12,13,18)/t8-/m0/s1. The van der Waals surface area contributed by atoms with E-state index >= 15 is 0 Å². The van der Waals surface area contributed by atoms with E-state index in [0.29, 0.717) is 11.5 Å². The third kappa shape index (κ3) is 4.96. The van der Waals surface area contributed by atoms with Crippen molar-refractivity contribution in [2.75, 3.05) is 7.11 Å². The summed E-state index contributed by atoms with van der Waals surface area (Å²) in [7, 11) is 1.13. The molecule has 0 unspecified atom stereocenters. The molecular weight excluding hydrogens is 270 g/mol. The van der Waals surface area contributed by atoms with Gasteiger partial charge >= 0.3 is 18.0 Å². The number of aromatic nitrogens is 1. The first-order valence-corrected chi connectivity index (χ1v) is 5.68. The lowest BCUT2D eigenvalue weighted by atomic mass is 10.2. The van der Waals surface area contributed by atoms with E-state index in [4.69, 9.17) is 9.63 Å². The summed E-state index contributed by atoms with van der Waals surface area (Å²) in [5.41, 5.74) is 0.498. The van der Waals surface area contributed by atoms with Crippen molar-refractivity contribution in [3.05, 3.63) is 17.5 Å². The molecule has 110 valence electrons. The average Bonchev–Trinajstić information content (AvgIpc) is 2.81. The molecule has 1 heterocycles. The molecule has 0 aliphatic rings. The monoisotopic (exact) mass is 285 g/mol. The summed E-state index contributed by atoms with van der Waals surface area (Å²) in [5.74, 6) is -1.47. The van der Waals surface area contributed by atoms with Crippen LogP contribution in [0.5, 0.6) is 0 Å². The molecule has 1 aromatic rings. The molecule has 0 bridgehead atoms. The minimum Gasteiger partial charge on any atom is -0.480 e. The molecule has 0 spiro atoms. The zero-order chi connectivity index (χ0) is 15.1. The Labute approximate surface area is 114 Å². The maximum Gasteiger partial charge on any atom is 0.326 e. The second kappa shape index (κ2) is 7.12. The summed E-state index contributed by atoms with van der Waals surface area (Å²) in [6, 6.07) is -0.466. The number of hydrogen-bond acceptors (Lipinski definition) is 6. The number of nitrogens with one attached hydrogen (secondary N) is 2. The highest BCUT2D eigenvalue weighted by molar-refractivity contribution is 5.86. The number of methoxy groups -OCH3 is 1. The molecule has 20 heavy (non-hydrogen) atoms. The predicted molar refractivity (Wildman–Crippen MR) is 64.7 cm³/mol. The van der Waals surface area contributed by atoms with Gasteiger partial charge in [0.2, 0.25) is 0 Å². The number of ether oxygens (including phenoxy) is 1. The van der Waals surface area contributed by atoms with Crippen LogP contribution in [0, 0.1) is 6.92 Å². The molecule has 2 amide bonds. The molecule has 0 saturated heterocycles. The molecule has 1 aromatic heterocycles. The third-order valence-electron chi connectivity index (χ3n) is 2.31. The van der Waals surface area contributed by atoms with E-state index in [9.17, 15) is 14.4 Å². The van der Waals surface area contributed by atoms with Crippen molar-refractivity contribution in [1.82, 2.24) is 15.8 Å². The number of rotatable bonds is 6. The van der Waals surface area contributed by atoms with Crippen LogP contribution in [0.2, 0.25) is 0 Å². The van der Waals surface area contributed by atoms with Gasteiger partial charge in [0.15, 0.2) is 0 Å². The lowest BCUT2D eigenvalue weighted by Crippen LogP contribution is -2.46. The van der Waals surface area contributed by atoms with Crippen molar-refractivity contribution in [2.45, 2.75) is 25.9 Å². The molecule has 1 atom stereocenters. The summed E-state index contributed by atoms with van der Waals surface area (Å²) >= 11 is 0. The first-order valence-electron chi connectivity index (χ1n) is 5.68. The van der Waals surface area contributed by atoms with E-state index in [0.717, 1.165) is 7.11 Å². The van der Waals surface area contributed by atoms with Crippen LogP contribution in [0.4, 0.5) is 4.79 Å². The molecule has 0 saturated carbocycles. The van der Waals surface area contributed by atoms with Crippen LogP contribution >= 0.6 is 0 Å². The number of aryl methyl sites for hydroxylation is 1. The highest BCUT2D eigenvalue weighted by atomic mass is 16.5. The van der Waals surface area contributed by atoms with Crippen LogP contribution in [0.1, 0.15) is 17.9 Å². The Balaban J connectivity index is 2.45. The quantitative estimate of drug-likeness (QED) is 0.617. The van der Waals surface area contributed by atoms with Crippen LogP contribution in [0.25, 0.3) is 0 Å². The number of urea groups is 1. The lowest BCUT2D eigenvalue weighted by molar-refractivity contribution is -0.147. The first-order chi connectivity index (χ1) is 9.42. The van der Waals surface area contributed by atoms with Crippen LogP contribution in [0.15, 0.2) is 10.6 Å². The molecule has 0 aromatic carbocycles. The van der Waals surface area contributed by atoms with Gasteiger partial charge in [-0.25, -0.2) is 9.59 Å². The smallest absolute Gasteiger partial charge is 0.326 e. The number of nitrogens with zero attached hydrogens (tertiary/aromatic N) is 1. The maximum atomic E-state index is 11.5. The number of amides is 2. The molecule has 0 aliphatic heterocycles. The van der Waals surface area contributed by atoms with Gasteiger partial charge in [-0.05, 0) is 6.92 Å². The van der Waals surface area contributed by atoms with E-state index < -0.39 is 30.4 Å². The Hall–Kier alpha value is -2.58. The molecule has 3 N–H and O–H groups in total. The van der Waals surface area contributed by atoms with Gasteiger partial charge in [-0.2, -0.15) is 0 Å². The number of carbonyl (C=O) groups excluding carboxylic acids is 2. The molecule has 0 fully saturated rings. The van der Waals surface area contributed by atoms with Gasteiger partial charge in [-0.3, -0.25) is 4.79 Å². The Morgan fingerprint density at radius 2 is 2.20 bits per heavy atom. The summed E-state index contributed by atoms with van der Waals surface area (Å²) in [6.45, 7) is 1.78. The van der Waals surface area contributed by atoms with Crippen molar-refractivity contribution in [2.24, 2.45) is 0 Å². The Kier molecular flexibility index (Phi) is 5.51. The second-order valence-electron chi connectivity index (χ2n) is 3.93. The fourth-order valence-electron chi connectivity index (χ4n) is 1.33. The first kappa shape index (κ1) is 15.5. The number of hydrogen-bond donors (Lipinski definition) is 3. The number of carboxylic acids is 1. The van der Waals surface area contributed by atoms with Gasteiger partial charge in [0.25, 0.3) is 0 Å². The van der Waals surface area contributed by atoms with Crippen LogP contribution < -0.4 is 10.6 Å². The summed E-state index contributed by atoms with van der Waals surface area (Å²) < 4.78 is 9.15. The Morgan fingerprint density at radius 1 is 1.50 bits per heavy atom. The van der Waals surface area contributed by atoms with Crippen molar-refractivity contribution >= 4 is 18.0 Å². The lowest BCUT2D eigenvalue weighted by Gasteiger charge is -2.13. The highest BCUT2D eigenvalue weighted by Crippen LogP contribution is 2.00. The topological polar surface area (TPSA) is 131 Å². The van der Waals surface area contributed by atoms with Crippen molar-refractivity contribution in [3.63, 3.8) is 0 Å². The van der Waals surface area contributed by atoms with Crippen molar-refractivity contribution in [3.8, 4) is 0 Å². The molecule has 9 nitrogen and oxygen atoms in total. The Bertz CT molecular complexity index is 498. The third-order valence-corrected chi connectivity index (χ3v) is 2.31. The van der Waals surface area contributed by atoms with Crippen LogP contribution in [-0.4, -0.2) is 41.4 Å². The Morgan fingerprint density at radius 3 is 2.70 bits per heavy atom. The zero-order valence-corrected chi connectivity index (χ0v) is 11.0. The maximum absolute atomic E-state index is 11.5. The normalized spacial score (nSPS) is 11.5. The molecule has 9 heteroatoms. The van der Waals surface area contributed by atoms with E-state index in [1.54, 1.807) is 13.0 Å². The number of carbonyl (C=O) groups is 3. The van der Waals surface area contributed by atoms with Crippen LogP contribution in [-0.2, 0) is 20.9 Å². The SMILES string of the molecule is COC(=O)C[C@H](NC(=O)NCc1cc(C)on1)C(=O)O. The predicted octanol–water partition coefficient (Wildman–Crippen LogP) is -0.201. The van der Waals surface area contributed by atoms with E-state index in [1.165, 1.54) is 0 Å². The van der Waals surface area contributed by atoms with Gasteiger partial charge in [-0.1, -0.05) is 5.16 Å². The number of aliphatic carboxylic acids is 1. The van der Waals surface area contributed by atoms with E-state index in [2.05, 4.69) is 20.5 Å². The van der Waals surface area contributed by atoms with Crippen molar-refractivity contribution < 1.29 is 28.8 Å². The number of carboxylic acid groups (broad SMARTS) is 1. The van der Waals surface area contributed by atoms with Crippen LogP contribution in [0.3, 0.4) is 0 Å². The fraction of sp³-hybridized carbons (Fsp3) is 0.455. The number of esters is 1. The largest absolute Gasteiger partial charge is 0.480 e. The minimum absolute atomic E-state index is 0.0771. The van der Waals surface area contributed by atoms with Gasteiger partial charge in [0.05, 0.1) is 20.1 Å². The van der Waals surface area contributed by atoms with Gasteiger partial charge in [0, 0.05) is 6.07 Å². The van der Waals surface area contributed by atoms with Gasteiger partial charge in [-0.15, -0.1) is 0 Å². The minimum atomic E-state index is -1.36. The molecule has 0 aliphatic carbocycles. The summed E-state index contributed by atoms with van der Waals surface area (Å²) in [6.07, 6.45) is -0.456. The average molecular weight is 285 g/mol. The molecule has 1 rings (SSSR count). The zero-order valence-electron chi connectivity index (χ0n) is 11.0. The highest BCUT2D eigenvalue weighted by Gasteiger charge is 2.23. The summed E-state index contributed by atoms with van der Waals surface area (Å²) in [4.78, 5) is 33.4. The van der Waals surface area contributed by atoms with E-state index in [-0.39, 0.29) is 6.54 Å². The fourth-order valence-corrected chi connectivity index (χ4v) is 1.33. The molecule has 0 radical (unpaired) electrons. The molecular formula is C11H15N3O6. The van der Waals surface area contributed by atoms with Gasteiger partial charge in [0.1, 0.15) is 17.5 Å². The summed E-state index contributed by atoms with van der Waals surface area (Å²) in [5, 5.41) is 17.1. The second-order valence-corrected chi connectivity index (χ2v) is 3.93. The van der Waals surface area contributed by atoms with Crippen molar-refractivity contribution in [1.29, 1.82) is 0 Å². The van der Waals surface area contributed by atoms with E-state index in [1.807, 2.05) is 0 Å². The van der Waals surface area contributed by atoms with Gasteiger partial charge < -0.3 is 25.0 Å².